The van der Waals surface area contributed by atoms with Crippen molar-refractivity contribution >= 4 is 11.9 Å². The first-order valence-electron chi connectivity index (χ1n) is 6.80. The fourth-order valence-corrected chi connectivity index (χ4v) is 2.35. The molecule has 0 aromatic rings. The van der Waals surface area contributed by atoms with Crippen molar-refractivity contribution in [2.45, 2.75) is 46.0 Å². The van der Waals surface area contributed by atoms with Crippen LogP contribution in [0.3, 0.4) is 0 Å². The number of rotatable bonds is 5. The Balaban J connectivity index is 2.49. The lowest BCUT2D eigenvalue weighted by Crippen LogP contribution is -2.34. The van der Waals surface area contributed by atoms with Gasteiger partial charge in [0.15, 0.2) is 0 Å². The summed E-state index contributed by atoms with van der Waals surface area (Å²) in [6.07, 6.45) is 4.30. The van der Waals surface area contributed by atoms with Crippen molar-refractivity contribution in [2.24, 2.45) is 17.8 Å². The Hall–Kier alpha value is -1.06. The molecule has 18 heavy (non-hydrogen) atoms. The third kappa shape index (κ3) is 4.31. The molecule has 0 heterocycles. The molecule has 1 saturated carbocycles. The largest absolute Gasteiger partial charge is 0.469 e. The van der Waals surface area contributed by atoms with Gasteiger partial charge in [-0.25, -0.2) is 0 Å². The van der Waals surface area contributed by atoms with Crippen molar-refractivity contribution in [1.82, 2.24) is 0 Å². The number of esters is 2. The van der Waals surface area contributed by atoms with Crippen molar-refractivity contribution in [2.75, 3.05) is 13.7 Å². The van der Waals surface area contributed by atoms with Crippen LogP contribution in [0, 0.1) is 17.8 Å². The zero-order valence-corrected chi connectivity index (χ0v) is 11.6. The van der Waals surface area contributed by atoms with Gasteiger partial charge >= 0.3 is 11.9 Å². The summed E-state index contributed by atoms with van der Waals surface area (Å²) < 4.78 is 10.0. The normalized spacial score (nSPS) is 23.8. The first-order valence-corrected chi connectivity index (χ1v) is 6.80. The molecule has 2 unspecified atom stereocenters. The molecule has 1 aliphatic carbocycles. The summed E-state index contributed by atoms with van der Waals surface area (Å²) in [5.74, 6) is -0.611. The topological polar surface area (TPSA) is 52.6 Å². The van der Waals surface area contributed by atoms with E-state index in [9.17, 15) is 9.59 Å². The minimum Gasteiger partial charge on any atom is -0.469 e. The third-order valence-electron chi connectivity index (χ3n) is 3.51. The molecule has 4 nitrogen and oxygen atoms in total. The van der Waals surface area contributed by atoms with Crippen molar-refractivity contribution in [3.63, 3.8) is 0 Å². The van der Waals surface area contributed by atoms with E-state index >= 15 is 0 Å². The minimum absolute atomic E-state index is 0.231. The highest BCUT2D eigenvalue weighted by Crippen LogP contribution is 2.31. The van der Waals surface area contributed by atoms with Crippen LogP contribution in [-0.4, -0.2) is 25.7 Å². The van der Waals surface area contributed by atoms with Gasteiger partial charge in [0.1, 0.15) is 0 Å². The van der Waals surface area contributed by atoms with E-state index < -0.39 is 0 Å². The maximum Gasteiger partial charge on any atom is 0.309 e. The predicted octanol–water partition coefficient (Wildman–Crippen LogP) is 2.56. The summed E-state index contributed by atoms with van der Waals surface area (Å²) in [5.41, 5.74) is 0. The Morgan fingerprint density at radius 1 is 1.11 bits per heavy atom. The van der Waals surface area contributed by atoms with Gasteiger partial charge in [-0.1, -0.05) is 26.7 Å². The Morgan fingerprint density at radius 3 is 2.17 bits per heavy atom. The van der Waals surface area contributed by atoms with Gasteiger partial charge < -0.3 is 9.47 Å². The number of hydrogen-bond acceptors (Lipinski definition) is 4. The molecule has 0 aromatic carbocycles. The van der Waals surface area contributed by atoms with E-state index in [0.29, 0.717) is 12.5 Å². The molecule has 2 atom stereocenters. The number of carbonyl (C=O) groups is 2. The van der Waals surface area contributed by atoms with Crippen molar-refractivity contribution < 1.29 is 19.1 Å². The second-order valence-electron chi connectivity index (χ2n) is 5.37. The van der Waals surface area contributed by atoms with Gasteiger partial charge in [0, 0.05) is 0 Å². The maximum atomic E-state index is 12.0. The second kappa shape index (κ2) is 7.39. The Kier molecular flexibility index (Phi) is 6.16. The molecule has 0 aliphatic heterocycles. The van der Waals surface area contributed by atoms with Crippen LogP contribution in [0.25, 0.3) is 0 Å². The quantitative estimate of drug-likeness (QED) is 0.709. The van der Waals surface area contributed by atoms with Crippen LogP contribution >= 0.6 is 0 Å². The molecule has 1 rings (SSSR count). The molecule has 0 amide bonds. The van der Waals surface area contributed by atoms with E-state index in [1.165, 1.54) is 7.11 Å². The molecule has 0 aromatic heterocycles. The zero-order chi connectivity index (χ0) is 13.5. The van der Waals surface area contributed by atoms with Gasteiger partial charge in [-0.15, -0.1) is 0 Å². The summed E-state index contributed by atoms with van der Waals surface area (Å²) in [5, 5.41) is 0. The van der Waals surface area contributed by atoms with E-state index in [-0.39, 0.29) is 23.8 Å². The van der Waals surface area contributed by atoms with Gasteiger partial charge in [0.25, 0.3) is 0 Å². The zero-order valence-electron chi connectivity index (χ0n) is 11.6. The van der Waals surface area contributed by atoms with Crippen molar-refractivity contribution in [3.05, 3.63) is 0 Å². The van der Waals surface area contributed by atoms with Gasteiger partial charge in [0.05, 0.1) is 25.6 Å². The average molecular weight is 256 g/mol. The molecule has 1 aliphatic rings. The standard InChI is InChI=1S/C14H24O4/c1-10(2)8-9-18-14(16)12-7-5-4-6-11(12)13(15)17-3/h10-12H,4-9H2,1-3H3. The number of carbonyl (C=O) groups excluding carboxylic acids is 2. The number of hydrogen-bond donors (Lipinski definition) is 0. The van der Waals surface area contributed by atoms with E-state index in [2.05, 4.69) is 13.8 Å². The molecule has 0 bridgehead atoms. The third-order valence-corrected chi connectivity index (χ3v) is 3.51. The first kappa shape index (κ1) is 15.0. The minimum atomic E-state index is -0.310. The lowest BCUT2D eigenvalue weighted by Gasteiger charge is -2.27. The Bertz CT molecular complexity index is 286. The van der Waals surface area contributed by atoms with Gasteiger partial charge in [-0.2, -0.15) is 0 Å². The average Bonchev–Trinajstić information content (AvgIpc) is 2.37. The van der Waals surface area contributed by atoms with Crippen LogP contribution in [0.4, 0.5) is 0 Å². The molecule has 0 saturated heterocycles. The fraction of sp³-hybridized carbons (Fsp3) is 0.857. The van der Waals surface area contributed by atoms with Gasteiger partial charge in [-0.3, -0.25) is 9.59 Å². The van der Waals surface area contributed by atoms with E-state index in [1.54, 1.807) is 0 Å². The lowest BCUT2D eigenvalue weighted by atomic mass is 9.79. The van der Waals surface area contributed by atoms with Gasteiger partial charge in [0.2, 0.25) is 0 Å². The van der Waals surface area contributed by atoms with E-state index in [4.69, 9.17) is 9.47 Å². The van der Waals surface area contributed by atoms with Crippen molar-refractivity contribution in [3.8, 4) is 0 Å². The molecule has 0 N–H and O–H groups in total. The molecular formula is C14H24O4. The van der Waals surface area contributed by atoms with Crippen LogP contribution in [0.15, 0.2) is 0 Å². The lowest BCUT2D eigenvalue weighted by molar-refractivity contribution is -0.161. The molecule has 1 fully saturated rings. The SMILES string of the molecule is COC(=O)C1CCCCC1C(=O)OCCC(C)C. The van der Waals surface area contributed by atoms with E-state index in [1.807, 2.05) is 0 Å². The molecule has 0 radical (unpaired) electrons. The van der Waals surface area contributed by atoms with Gasteiger partial charge in [-0.05, 0) is 25.2 Å². The van der Waals surface area contributed by atoms with E-state index in [0.717, 1.165) is 32.1 Å². The van der Waals surface area contributed by atoms with Crippen molar-refractivity contribution in [1.29, 1.82) is 0 Å². The maximum absolute atomic E-state index is 12.0. The van der Waals surface area contributed by atoms with Crippen LogP contribution < -0.4 is 0 Å². The summed E-state index contributed by atoms with van der Waals surface area (Å²) in [4.78, 5) is 23.6. The smallest absolute Gasteiger partial charge is 0.309 e. The molecule has 104 valence electrons. The fourth-order valence-electron chi connectivity index (χ4n) is 2.35. The predicted molar refractivity (Wildman–Crippen MR) is 67.9 cm³/mol. The van der Waals surface area contributed by atoms with Crippen LogP contribution in [0.1, 0.15) is 46.0 Å². The first-order chi connectivity index (χ1) is 8.56. The Morgan fingerprint density at radius 2 is 1.67 bits per heavy atom. The molecular weight excluding hydrogens is 232 g/mol. The monoisotopic (exact) mass is 256 g/mol. The van der Waals surface area contributed by atoms with Crippen LogP contribution in [0.2, 0.25) is 0 Å². The van der Waals surface area contributed by atoms with Crippen LogP contribution in [-0.2, 0) is 19.1 Å². The second-order valence-corrected chi connectivity index (χ2v) is 5.37. The molecule has 4 heteroatoms. The summed E-state index contributed by atoms with van der Waals surface area (Å²) >= 11 is 0. The molecule has 0 spiro atoms. The summed E-state index contributed by atoms with van der Waals surface area (Å²) in [7, 11) is 1.37. The van der Waals surface area contributed by atoms with Crippen LogP contribution in [0.5, 0.6) is 0 Å². The highest BCUT2D eigenvalue weighted by atomic mass is 16.5. The summed E-state index contributed by atoms with van der Waals surface area (Å²) in [6.45, 7) is 4.62. The highest BCUT2D eigenvalue weighted by molar-refractivity contribution is 5.82. The number of methoxy groups -OCH3 is 1. The number of ether oxygens (including phenoxy) is 2. The Labute approximate surface area is 109 Å². The highest BCUT2D eigenvalue weighted by Gasteiger charge is 2.37. The summed E-state index contributed by atoms with van der Waals surface area (Å²) in [6, 6.07) is 0.